The lowest BCUT2D eigenvalue weighted by molar-refractivity contribution is -0.117. The number of nitrogens with one attached hydrogen (secondary N) is 1. The second-order valence-corrected chi connectivity index (χ2v) is 7.67. The molecule has 0 radical (unpaired) electrons. The summed E-state index contributed by atoms with van der Waals surface area (Å²) < 4.78 is 7.54. The molecule has 1 aliphatic rings. The fraction of sp³-hybridized carbons (Fsp3) is 0.348. The Kier molecular flexibility index (Phi) is 5.34. The van der Waals surface area contributed by atoms with Crippen LogP contribution < -0.4 is 5.32 Å². The summed E-state index contributed by atoms with van der Waals surface area (Å²) in [6, 6.07) is 14.9. The van der Waals surface area contributed by atoms with Crippen molar-refractivity contribution in [2.75, 3.05) is 11.9 Å². The molecule has 1 aromatic heterocycles. The fourth-order valence-electron chi connectivity index (χ4n) is 3.56. The molecule has 6 nitrogen and oxygen atoms in total. The van der Waals surface area contributed by atoms with Crippen LogP contribution in [0.3, 0.4) is 0 Å². The molecule has 1 saturated carbocycles. The molecule has 1 amide bonds. The molecular formula is C23H25N3O3. The lowest BCUT2D eigenvalue weighted by atomic mass is 10.2. The molecule has 6 heteroatoms. The number of rotatable bonds is 7. The first-order valence-electron chi connectivity index (χ1n) is 10.0. The Hall–Kier alpha value is -3.15. The number of aryl methyl sites for hydroxylation is 2. The van der Waals surface area contributed by atoms with Crippen LogP contribution >= 0.6 is 0 Å². The van der Waals surface area contributed by atoms with E-state index < -0.39 is 0 Å². The van der Waals surface area contributed by atoms with Crippen LogP contribution in [0.1, 0.15) is 35.9 Å². The number of aromatic nitrogens is 2. The van der Waals surface area contributed by atoms with E-state index in [-0.39, 0.29) is 17.8 Å². The Labute approximate surface area is 169 Å². The number of benzene rings is 2. The molecule has 2 unspecified atom stereocenters. The molecule has 2 atom stereocenters. The van der Waals surface area contributed by atoms with Crippen LogP contribution in [-0.2, 0) is 16.1 Å². The molecule has 0 aliphatic heterocycles. The van der Waals surface area contributed by atoms with Crippen molar-refractivity contribution in [1.29, 1.82) is 0 Å². The first-order valence-corrected chi connectivity index (χ1v) is 10.0. The van der Waals surface area contributed by atoms with Gasteiger partial charge >= 0.3 is 5.97 Å². The Morgan fingerprint density at radius 1 is 1.17 bits per heavy atom. The van der Waals surface area contributed by atoms with Gasteiger partial charge in [-0.2, -0.15) is 0 Å². The van der Waals surface area contributed by atoms with Gasteiger partial charge in [0.15, 0.2) is 0 Å². The number of para-hydroxylation sites is 2. The molecule has 1 N–H and O–H groups in total. The molecule has 3 aromatic rings. The number of hydrogen-bond donors (Lipinski definition) is 1. The van der Waals surface area contributed by atoms with Gasteiger partial charge in [0, 0.05) is 18.2 Å². The summed E-state index contributed by atoms with van der Waals surface area (Å²) in [5.74, 6) is 1.24. The standard InChI is InChI=1S/C23H25N3O3/c1-15-14-19(15)22(27)25-18-10-8-17(9-11-18)23(28)29-13-5-12-26-16(2)24-20-6-3-4-7-21(20)26/h3-4,6-11,15,19H,5,12-14H2,1-2H3,(H,25,27). The summed E-state index contributed by atoms with van der Waals surface area (Å²) in [5.41, 5.74) is 3.25. The first-order chi connectivity index (χ1) is 14.0. The first kappa shape index (κ1) is 19.2. The van der Waals surface area contributed by atoms with E-state index in [1.807, 2.05) is 31.2 Å². The molecular weight excluding hydrogens is 366 g/mol. The average molecular weight is 391 g/mol. The average Bonchev–Trinajstić information content (AvgIpc) is 3.37. The fourth-order valence-corrected chi connectivity index (χ4v) is 3.56. The lowest BCUT2D eigenvalue weighted by Crippen LogP contribution is -2.14. The minimum absolute atomic E-state index is 0.0511. The second-order valence-electron chi connectivity index (χ2n) is 7.67. The number of imidazole rings is 1. The number of carbonyl (C=O) groups excluding carboxylic acids is 2. The minimum atomic E-state index is -0.356. The van der Waals surface area contributed by atoms with Crippen molar-refractivity contribution < 1.29 is 14.3 Å². The predicted octanol–water partition coefficient (Wildman–Crippen LogP) is 4.19. The van der Waals surface area contributed by atoms with Gasteiger partial charge < -0.3 is 14.6 Å². The van der Waals surface area contributed by atoms with E-state index in [4.69, 9.17) is 4.74 Å². The maximum absolute atomic E-state index is 12.3. The van der Waals surface area contributed by atoms with Crippen molar-refractivity contribution in [2.24, 2.45) is 11.8 Å². The van der Waals surface area contributed by atoms with Gasteiger partial charge in [-0.3, -0.25) is 4.79 Å². The number of nitrogens with zero attached hydrogens (tertiary/aromatic N) is 2. The van der Waals surface area contributed by atoms with E-state index in [1.165, 1.54) is 0 Å². The lowest BCUT2D eigenvalue weighted by Gasteiger charge is -2.09. The summed E-state index contributed by atoms with van der Waals surface area (Å²) in [6.45, 7) is 5.13. The van der Waals surface area contributed by atoms with Crippen molar-refractivity contribution >= 4 is 28.6 Å². The number of anilines is 1. The van der Waals surface area contributed by atoms with Gasteiger partial charge in [-0.1, -0.05) is 19.1 Å². The number of amides is 1. The summed E-state index contributed by atoms with van der Waals surface area (Å²) in [6.07, 6.45) is 1.66. The van der Waals surface area contributed by atoms with Crippen LogP contribution in [0, 0.1) is 18.8 Å². The van der Waals surface area contributed by atoms with Crippen LogP contribution in [0.2, 0.25) is 0 Å². The van der Waals surface area contributed by atoms with E-state index in [0.29, 0.717) is 30.2 Å². The van der Waals surface area contributed by atoms with Crippen molar-refractivity contribution in [3.63, 3.8) is 0 Å². The summed E-state index contributed by atoms with van der Waals surface area (Å²) in [5, 5.41) is 2.89. The highest BCUT2D eigenvalue weighted by Crippen LogP contribution is 2.38. The van der Waals surface area contributed by atoms with Gasteiger partial charge in [-0.05, 0) is 62.1 Å². The minimum Gasteiger partial charge on any atom is -0.462 e. The molecule has 150 valence electrons. The maximum Gasteiger partial charge on any atom is 0.338 e. The van der Waals surface area contributed by atoms with E-state index in [2.05, 4.69) is 21.8 Å². The summed E-state index contributed by atoms with van der Waals surface area (Å²) in [4.78, 5) is 28.8. The molecule has 2 aromatic carbocycles. The van der Waals surface area contributed by atoms with E-state index in [1.54, 1.807) is 24.3 Å². The Bertz CT molecular complexity index is 1040. The van der Waals surface area contributed by atoms with Gasteiger partial charge in [-0.15, -0.1) is 0 Å². The number of esters is 1. The maximum atomic E-state index is 12.3. The number of hydrogen-bond acceptors (Lipinski definition) is 4. The molecule has 0 spiro atoms. The summed E-state index contributed by atoms with van der Waals surface area (Å²) in [7, 11) is 0. The van der Waals surface area contributed by atoms with Crippen molar-refractivity contribution in [3.05, 3.63) is 59.9 Å². The predicted molar refractivity (Wildman–Crippen MR) is 112 cm³/mol. The van der Waals surface area contributed by atoms with Gasteiger partial charge in [0.2, 0.25) is 5.91 Å². The Morgan fingerprint density at radius 3 is 2.62 bits per heavy atom. The monoisotopic (exact) mass is 391 g/mol. The van der Waals surface area contributed by atoms with Crippen LogP contribution in [0.4, 0.5) is 5.69 Å². The number of fused-ring (bicyclic) bond motifs is 1. The van der Waals surface area contributed by atoms with E-state index in [0.717, 1.165) is 29.8 Å². The second kappa shape index (κ2) is 8.07. The topological polar surface area (TPSA) is 73.2 Å². The molecule has 0 saturated heterocycles. The van der Waals surface area contributed by atoms with Crippen molar-refractivity contribution in [3.8, 4) is 0 Å². The molecule has 1 heterocycles. The third kappa shape index (κ3) is 4.31. The number of ether oxygens (including phenoxy) is 1. The zero-order valence-electron chi connectivity index (χ0n) is 16.7. The van der Waals surface area contributed by atoms with Crippen molar-refractivity contribution in [2.45, 2.75) is 33.2 Å². The van der Waals surface area contributed by atoms with Gasteiger partial charge in [0.1, 0.15) is 5.82 Å². The van der Waals surface area contributed by atoms with Crippen molar-refractivity contribution in [1.82, 2.24) is 9.55 Å². The molecule has 0 bridgehead atoms. The van der Waals surface area contributed by atoms with Crippen LogP contribution in [0.15, 0.2) is 48.5 Å². The Morgan fingerprint density at radius 2 is 1.90 bits per heavy atom. The number of carbonyl (C=O) groups is 2. The van der Waals surface area contributed by atoms with Crippen LogP contribution in [-0.4, -0.2) is 28.0 Å². The summed E-state index contributed by atoms with van der Waals surface area (Å²) >= 11 is 0. The van der Waals surface area contributed by atoms with Crippen LogP contribution in [0.5, 0.6) is 0 Å². The molecule has 4 rings (SSSR count). The molecule has 1 aliphatic carbocycles. The Balaban J connectivity index is 1.26. The van der Waals surface area contributed by atoms with Gasteiger partial charge in [-0.25, -0.2) is 9.78 Å². The molecule has 1 fully saturated rings. The smallest absolute Gasteiger partial charge is 0.338 e. The van der Waals surface area contributed by atoms with E-state index >= 15 is 0 Å². The highest BCUT2D eigenvalue weighted by Gasteiger charge is 2.39. The third-order valence-corrected chi connectivity index (χ3v) is 5.44. The quantitative estimate of drug-likeness (QED) is 0.484. The molecule has 29 heavy (non-hydrogen) atoms. The highest BCUT2D eigenvalue weighted by atomic mass is 16.5. The van der Waals surface area contributed by atoms with Gasteiger partial charge in [0.25, 0.3) is 0 Å². The SMILES string of the molecule is Cc1nc2ccccc2n1CCCOC(=O)c1ccc(NC(=O)C2CC2C)cc1. The van der Waals surface area contributed by atoms with Gasteiger partial charge in [0.05, 0.1) is 23.2 Å². The zero-order chi connectivity index (χ0) is 20.4. The van der Waals surface area contributed by atoms with Crippen LogP contribution in [0.25, 0.3) is 11.0 Å². The normalized spacial score (nSPS) is 17.9. The zero-order valence-corrected chi connectivity index (χ0v) is 16.7. The van der Waals surface area contributed by atoms with E-state index in [9.17, 15) is 9.59 Å². The third-order valence-electron chi connectivity index (χ3n) is 5.44. The largest absolute Gasteiger partial charge is 0.462 e. The highest BCUT2D eigenvalue weighted by molar-refractivity contribution is 5.95.